The maximum absolute atomic E-state index is 10.5. The molecule has 0 aliphatic rings. The molecule has 7 heteroatoms. The van der Waals surface area contributed by atoms with Gasteiger partial charge in [0.1, 0.15) is 16.9 Å². The highest BCUT2D eigenvalue weighted by molar-refractivity contribution is 5.90. The predicted octanol–water partition coefficient (Wildman–Crippen LogP) is 3.63. The van der Waals surface area contributed by atoms with Crippen molar-refractivity contribution < 1.29 is 9.84 Å². The Bertz CT molecular complexity index is 802. The van der Waals surface area contributed by atoms with Crippen molar-refractivity contribution in [2.45, 2.75) is 84.9 Å². The number of unbranched alkanes of at least 4 members (excludes halogenated alkanes) is 1. The molecule has 0 aromatic carbocycles. The Balaban J connectivity index is 2.30. The predicted molar refractivity (Wildman–Crippen MR) is 119 cm³/mol. The van der Waals surface area contributed by atoms with E-state index in [1.165, 1.54) is 0 Å². The molecule has 2 aromatic rings. The number of aromatic nitrogens is 3. The Morgan fingerprint density at radius 2 is 1.90 bits per heavy atom. The van der Waals surface area contributed by atoms with Gasteiger partial charge < -0.3 is 25.0 Å². The summed E-state index contributed by atoms with van der Waals surface area (Å²) in [4.78, 5) is 11.4. The van der Waals surface area contributed by atoms with E-state index in [0.29, 0.717) is 30.2 Å². The third-order valence-corrected chi connectivity index (χ3v) is 5.18. The second-order valence-corrected chi connectivity index (χ2v) is 9.53. The van der Waals surface area contributed by atoms with Crippen molar-refractivity contribution in [1.82, 2.24) is 19.4 Å². The van der Waals surface area contributed by atoms with Crippen LogP contribution in [0, 0.1) is 0 Å². The maximum Gasteiger partial charge on any atom is 0.163 e. The van der Waals surface area contributed by atoms with Crippen LogP contribution < -0.4 is 10.5 Å². The molecule has 0 atom stereocenters. The highest BCUT2D eigenvalue weighted by atomic mass is 16.5. The molecule has 0 amide bonds. The number of ether oxygens (including phenoxy) is 1. The van der Waals surface area contributed by atoms with Crippen LogP contribution in [0.2, 0.25) is 0 Å². The molecule has 0 unspecified atom stereocenters. The average Bonchev–Trinajstić information content (AvgIpc) is 2.95. The van der Waals surface area contributed by atoms with Crippen molar-refractivity contribution in [3.05, 3.63) is 12.0 Å². The molecule has 0 aliphatic heterocycles. The highest BCUT2D eigenvalue weighted by Crippen LogP contribution is 2.31. The number of imidazole rings is 1. The first-order valence-electron chi connectivity index (χ1n) is 10.6. The summed E-state index contributed by atoms with van der Waals surface area (Å²) in [6.45, 7) is 14.3. The molecule has 7 nitrogen and oxygen atoms in total. The number of nitrogens with zero attached hydrogens (tertiary/aromatic N) is 4. The molecular formula is C22H39N5O2. The lowest BCUT2D eigenvalue weighted by Gasteiger charge is -2.31. The zero-order chi connectivity index (χ0) is 21.8. The average molecular weight is 406 g/mol. The third-order valence-electron chi connectivity index (χ3n) is 5.18. The van der Waals surface area contributed by atoms with Crippen LogP contribution in [0.5, 0.6) is 5.75 Å². The zero-order valence-corrected chi connectivity index (χ0v) is 19.2. The van der Waals surface area contributed by atoms with E-state index in [2.05, 4.69) is 49.2 Å². The number of pyridine rings is 1. The summed E-state index contributed by atoms with van der Waals surface area (Å²) in [5.74, 6) is 1.99. The normalized spacial score (nSPS) is 12.9. The summed E-state index contributed by atoms with van der Waals surface area (Å²) < 4.78 is 8.18. The first kappa shape index (κ1) is 23.4. The van der Waals surface area contributed by atoms with Crippen molar-refractivity contribution in [2.75, 3.05) is 25.9 Å². The minimum atomic E-state index is -0.876. The fourth-order valence-corrected chi connectivity index (χ4v) is 3.19. The quantitative estimate of drug-likeness (QED) is 0.587. The summed E-state index contributed by atoms with van der Waals surface area (Å²) in [5.41, 5.74) is 6.87. The van der Waals surface area contributed by atoms with Crippen LogP contribution in [0.25, 0.3) is 11.0 Å². The van der Waals surface area contributed by atoms with Gasteiger partial charge in [-0.2, -0.15) is 0 Å². The zero-order valence-electron chi connectivity index (χ0n) is 19.2. The minimum Gasteiger partial charge on any atom is -0.490 e. The first-order valence-corrected chi connectivity index (χ1v) is 10.6. The lowest BCUT2D eigenvalue weighted by atomic mass is 10.1. The summed E-state index contributed by atoms with van der Waals surface area (Å²) >= 11 is 0. The van der Waals surface area contributed by atoms with Crippen LogP contribution in [0.4, 0.5) is 5.82 Å². The summed E-state index contributed by atoms with van der Waals surface area (Å²) in [5, 5.41) is 10.5. The number of anilines is 1. The largest absolute Gasteiger partial charge is 0.490 e. The van der Waals surface area contributed by atoms with Gasteiger partial charge in [-0.3, -0.25) is 0 Å². The number of fused-ring (bicyclic) bond motifs is 1. The molecule has 3 N–H and O–H groups in total. The second-order valence-electron chi connectivity index (χ2n) is 9.53. The lowest BCUT2D eigenvalue weighted by molar-refractivity contribution is 0.0617. The van der Waals surface area contributed by atoms with Crippen molar-refractivity contribution in [2.24, 2.45) is 0 Å². The van der Waals surface area contributed by atoms with Gasteiger partial charge in [-0.25, -0.2) is 9.97 Å². The molecule has 2 heterocycles. The van der Waals surface area contributed by atoms with E-state index in [-0.39, 0.29) is 5.54 Å². The van der Waals surface area contributed by atoms with E-state index in [9.17, 15) is 5.11 Å². The molecule has 0 spiro atoms. The molecule has 29 heavy (non-hydrogen) atoms. The van der Waals surface area contributed by atoms with E-state index in [4.69, 9.17) is 15.5 Å². The summed E-state index contributed by atoms with van der Waals surface area (Å²) in [7, 11) is 2.13. The Morgan fingerprint density at radius 1 is 1.21 bits per heavy atom. The molecule has 0 radical (unpaired) electrons. The molecule has 0 saturated carbocycles. The lowest BCUT2D eigenvalue weighted by Crippen LogP contribution is -2.39. The van der Waals surface area contributed by atoms with E-state index in [1.807, 2.05) is 0 Å². The van der Waals surface area contributed by atoms with E-state index >= 15 is 0 Å². The molecule has 0 aliphatic carbocycles. The molecule has 0 saturated heterocycles. The summed E-state index contributed by atoms with van der Waals surface area (Å²) in [6, 6.07) is 0. The van der Waals surface area contributed by atoms with Crippen molar-refractivity contribution in [3.8, 4) is 5.75 Å². The number of hydrogen-bond donors (Lipinski definition) is 2. The second kappa shape index (κ2) is 9.30. The van der Waals surface area contributed by atoms with Gasteiger partial charge in [0.25, 0.3) is 0 Å². The van der Waals surface area contributed by atoms with Crippen LogP contribution in [0.3, 0.4) is 0 Å². The van der Waals surface area contributed by atoms with E-state index in [1.54, 1.807) is 20.0 Å². The van der Waals surface area contributed by atoms with Gasteiger partial charge in [0, 0.05) is 18.5 Å². The Hall–Kier alpha value is -1.86. The SMILES string of the molecule is CCCCc1nc2c(N)ncc(OCCCN(C)C(C)(C)C)c2n1CC(C)(C)O. The smallest absolute Gasteiger partial charge is 0.163 e. The fraction of sp³-hybridized carbons (Fsp3) is 0.727. The molecule has 2 rings (SSSR count). The van der Waals surface area contributed by atoms with Crippen molar-refractivity contribution in [3.63, 3.8) is 0 Å². The van der Waals surface area contributed by atoms with Crippen molar-refractivity contribution in [1.29, 1.82) is 0 Å². The van der Waals surface area contributed by atoms with E-state index in [0.717, 1.165) is 43.6 Å². The van der Waals surface area contributed by atoms with Crippen LogP contribution >= 0.6 is 0 Å². The van der Waals surface area contributed by atoms with Gasteiger partial charge in [0.2, 0.25) is 0 Å². The van der Waals surface area contributed by atoms with Gasteiger partial charge in [0.15, 0.2) is 11.6 Å². The van der Waals surface area contributed by atoms with Crippen LogP contribution in [0.15, 0.2) is 6.20 Å². The van der Waals surface area contributed by atoms with Crippen LogP contribution in [0.1, 0.15) is 66.6 Å². The molecule has 2 aromatic heterocycles. The minimum absolute atomic E-state index is 0.134. The fourth-order valence-electron chi connectivity index (χ4n) is 3.19. The Labute approximate surface area is 175 Å². The number of rotatable bonds is 10. The molecular weight excluding hydrogens is 366 g/mol. The van der Waals surface area contributed by atoms with Crippen molar-refractivity contribution >= 4 is 16.9 Å². The number of nitrogen functional groups attached to an aromatic ring is 1. The summed E-state index contributed by atoms with van der Waals surface area (Å²) in [6.07, 6.45) is 5.51. The van der Waals surface area contributed by atoms with Gasteiger partial charge in [0.05, 0.1) is 24.9 Å². The Morgan fingerprint density at radius 3 is 2.48 bits per heavy atom. The van der Waals surface area contributed by atoms with Gasteiger partial charge in [-0.15, -0.1) is 0 Å². The van der Waals surface area contributed by atoms with Gasteiger partial charge in [-0.05, 0) is 54.5 Å². The topological polar surface area (TPSA) is 89.4 Å². The molecule has 164 valence electrons. The number of hydrogen-bond acceptors (Lipinski definition) is 6. The van der Waals surface area contributed by atoms with E-state index < -0.39 is 5.60 Å². The van der Waals surface area contributed by atoms with Crippen LogP contribution in [-0.2, 0) is 13.0 Å². The first-order chi connectivity index (χ1) is 13.4. The Kier molecular flexibility index (Phi) is 7.51. The highest BCUT2D eigenvalue weighted by Gasteiger charge is 2.23. The number of aryl methyl sites for hydroxylation is 1. The van der Waals surface area contributed by atoms with Crippen LogP contribution in [-0.4, -0.2) is 55.9 Å². The number of aliphatic hydroxyl groups is 1. The number of nitrogens with two attached hydrogens (primary N) is 1. The molecule has 0 fully saturated rings. The monoisotopic (exact) mass is 405 g/mol. The standard InChI is InChI=1S/C22H39N5O2/c1-8-9-11-17-25-18-19(27(17)15-22(5,6)28)16(14-24-20(18)23)29-13-10-12-26(7)21(2,3)4/h14,28H,8-13,15H2,1-7H3,(H2,23,24). The third kappa shape index (κ3) is 6.31. The van der Waals surface area contributed by atoms with Gasteiger partial charge >= 0.3 is 0 Å². The van der Waals surface area contributed by atoms with Gasteiger partial charge in [-0.1, -0.05) is 13.3 Å². The maximum atomic E-state index is 10.5. The molecule has 0 bridgehead atoms.